The second-order valence-corrected chi connectivity index (χ2v) is 6.17. The van der Waals surface area contributed by atoms with E-state index in [1.807, 2.05) is 110 Å². The monoisotopic (exact) mass is 514 g/mol. The molecule has 0 N–H and O–H groups in total. The molecule has 3 aromatic rings. The maximum atomic E-state index is 11.2. The minimum Gasteiger partial charge on any atom is -0.458 e. The van der Waals surface area contributed by atoms with Gasteiger partial charge >= 0.3 is 32.7 Å². The molecule has 0 fully saturated rings. The Hall–Kier alpha value is -1.66. The van der Waals surface area contributed by atoms with E-state index in [1.54, 1.807) is 6.92 Å². The molecule has 0 bridgehead atoms. The molecule has 7 heteroatoms. The Labute approximate surface area is 219 Å². The molecular formula is C25H37N4O2Y. The molecule has 0 aliphatic heterocycles. The van der Waals surface area contributed by atoms with Crippen LogP contribution >= 0.6 is 0 Å². The van der Waals surface area contributed by atoms with Crippen molar-refractivity contribution in [2.75, 3.05) is 0 Å². The summed E-state index contributed by atoms with van der Waals surface area (Å²) in [6, 6.07) is 12.2. The van der Waals surface area contributed by atoms with Crippen molar-refractivity contribution in [1.29, 1.82) is 0 Å². The Morgan fingerprint density at radius 3 is 2.03 bits per heavy atom. The maximum absolute atomic E-state index is 11.2. The van der Waals surface area contributed by atoms with Gasteiger partial charge < -0.3 is 27.2 Å². The largest absolute Gasteiger partial charge is 3.00 e. The van der Waals surface area contributed by atoms with Gasteiger partial charge in [0.2, 0.25) is 5.91 Å². The number of rotatable bonds is 5. The van der Waals surface area contributed by atoms with Crippen LogP contribution in [0.1, 0.15) is 62.3 Å². The molecule has 0 aliphatic carbocycles. The van der Waals surface area contributed by atoms with Crippen molar-refractivity contribution in [2.45, 2.75) is 74.4 Å². The van der Waals surface area contributed by atoms with Gasteiger partial charge in [0.1, 0.15) is 0 Å². The summed E-state index contributed by atoms with van der Waals surface area (Å²) in [5.41, 5.74) is 1.61. The number of amides is 1. The third-order valence-electron chi connectivity index (χ3n) is 4.36. The van der Waals surface area contributed by atoms with Gasteiger partial charge in [-0.2, -0.15) is 19.0 Å². The first kappa shape index (κ1) is 32.5. The zero-order chi connectivity index (χ0) is 23.8. The van der Waals surface area contributed by atoms with Crippen molar-refractivity contribution >= 4 is 16.8 Å². The van der Waals surface area contributed by atoms with Gasteiger partial charge in [-0.3, -0.25) is 9.78 Å². The Bertz CT molecular complexity index is 846. The van der Waals surface area contributed by atoms with Crippen LogP contribution in [0, 0.1) is 19.2 Å². The van der Waals surface area contributed by atoms with Gasteiger partial charge in [0.05, 0.1) is 17.7 Å². The number of fused-ring (bicyclic) bond motifs is 1. The van der Waals surface area contributed by atoms with Crippen LogP contribution in [0.15, 0.2) is 40.9 Å². The first-order valence-electron chi connectivity index (χ1n) is 10.9. The van der Waals surface area contributed by atoms with E-state index in [4.69, 9.17) is 0 Å². The van der Waals surface area contributed by atoms with E-state index in [1.165, 1.54) is 0 Å². The average Bonchev–Trinajstić information content (AvgIpc) is 3.36. The van der Waals surface area contributed by atoms with Gasteiger partial charge in [-0.15, -0.1) is 0 Å². The fourth-order valence-corrected chi connectivity index (χ4v) is 2.71. The summed E-state index contributed by atoms with van der Waals surface area (Å²) in [6.45, 7) is 17.6. The summed E-state index contributed by atoms with van der Waals surface area (Å²) in [5, 5.41) is 4.78. The normalized spacial score (nSPS) is 11.2. The fraction of sp³-hybridized carbons (Fsp3) is 0.440. The predicted molar refractivity (Wildman–Crippen MR) is 128 cm³/mol. The molecule has 1 amide bonds. The van der Waals surface area contributed by atoms with Crippen molar-refractivity contribution in [1.82, 2.24) is 20.0 Å². The van der Waals surface area contributed by atoms with E-state index in [-0.39, 0.29) is 50.7 Å². The smallest absolute Gasteiger partial charge is 0.458 e. The fourth-order valence-electron chi connectivity index (χ4n) is 2.71. The Morgan fingerprint density at radius 1 is 1.00 bits per heavy atom. The molecule has 0 saturated heterocycles. The molecule has 0 spiro atoms. The van der Waals surface area contributed by atoms with Crippen LogP contribution in [0.5, 0.6) is 0 Å². The quantitative estimate of drug-likeness (QED) is 0.380. The molecule has 2 atom stereocenters. The van der Waals surface area contributed by atoms with E-state index < -0.39 is 0 Å². The number of pyridine rings is 1. The van der Waals surface area contributed by atoms with E-state index in [9.17, 15) is 4.79 Å². The standard InChI is InChI=1S/C11H6N3O.C10H19NO.2C2H6.Y/c1-2-4-9-8(3-1)5-6-10(13-9)11-12-7-15-14-11;1-6-8(3)11(10(5)12)9(4)7-2;2*1-2;/h1-6H;6-9H,1-5H3;2*1-2H3;/q-1;-2;;;+3. The molecule has 2 heterocycles. The minimum atomic E-state index is 0. The van der Waals surface area contributed by atoms with Gasteiger partial charge in [0.15, 0.2) is 0 Å². The molecule has 1 aromatic carbocycles. The Kier molecular flexibility index (Phi) is 19.2. The average molecular weight is 515 g/mol. The number of hydrogen-bond donors (Lipinski definition) is 0. The van der Waals surface area contributed by atoms with E-state index in [0.717, 1.165) is 10.9 Å². The van der Waals surface area contributed by atoms with Crippen LogP contribution in [0.4, 0.5) is 0 Å². The van der Waals surface area contributed by atoms with Gasteiger partial charge in [-0.1, -0.05) is 84.0 Å². The maximum Gasteiger partial charge on any atom is 3.00 e. The summed E-state index contributed by atoms with van der Waals surface area (Å²) in [5.74, 6) is 0.590. The molecule has 6 nitrogen and oxygen atoms in total. The molecule has 32 heavy (non-hydrogen) atoms. The molecule has 0 saturated carbocycles. The van der Waals surface area contributed by atoms with Gasteiger partial charge in [0, 0.05) is 18.0 Å². The van der Waals surface area contributed by atoms with Crippen LogP contribution in [0.2, 0.25) is 0 Å². The summed E-state index contributed by atoms with van der Waals surface area (Å²) in [6.07, 6.45) is 6.36. The molecule has 2 aromatic heterocycles. The molecular weight excluding hydrogens is 477 g/mol. The van der Waals surface area contributed by atoms with Crippen molar-refractivity contribution in [3.63, 3.8) is 0 Å². The van der Waals surface area contributed by atoms with Gasteiger partial charge in [0.25, 0.3) is 0 Å². The van der Waals surface area contributed by atoms with Crippen LogP contribution in [-0.2, 0) is 37.5 Å². The van der Waals surface area contributed by atoms with Crippen molar-refractivity contribution in [3.05, 3.63) is 55.6 Å². The topological polar surface area (TPSA) is 72.1 Å². The zero-order valence-corrected chi connectivity index (χ0v) is 23.8. The second kappa shape index (κ2) is 18.9. The molecule has 172 valence electrons. The Balaban J connectivity index is 0. The molecule has 3 rings (SSSR count). The van der Waals surface area contributed by atoms with Crippen molar-refractivity contribution in [2.24, 2.45) is 0 Å². The zero-order valence-electron chi connectivity index (χ0n) is 21.0. The third-order valence-corrected chi connectivity index (χ3v) is 4.36. The number of benzene rings is 1. The van der Waals surface area contributed by atoms with Crippen LogP contribution in [0.25, 0.3) is 22.4 Å². The first-order valence-corrected chi connectivity index (χ1v) is 10.9. The number of carbonyl (C=O) groups is 1. The van der Waals surface area contributed by atoms with Crippen molar-refractivity contribution in [3.8, 4) is 11.5 Å². The molecule has 2 unspecified atom stereocenters. The summed E-state index contributed by atoms with van der Waals surface area (Å²) < 4.78 is 4.55. The minimum absolute atomic E-state index is 0. The second-order valence-electron chi connectivity index (χ2n) is 6.17. The van der Waals surface area contributed by atoms with E-state index in [0.29, 0.717) is 11.5 Å². The van der Waals surface area contributed by atoms with Gasteiger partial charge in [-0.05, 0) is 6.07 Å². The van der Waals surface area contributed by atoms with E-state index >= 15 is 0 Å². The summed E-state index contributed by atoms with van der Waals surface area (Å²) in [7, 11) is 0. The first-order chi connectivity index (χ1) is 15.0. The molecule has 0 radical (unpaired) electrons. The number of nitrogens with zero attached hydrogens (tertiary/aromatic N) is 4. The van der Waals surface area contributed by atoms with Crippen molar-refractivity contribution < 1.29 is 42.0 Å². The van der Waals surface area contributed by atoms with Crippen LogP contribution < -0.4 is 0 Å². The number of aromatic nitrogens is 3. The summed E-state index contributed by atoms with van der Waals surface area (Å²) >= 11 is 0. The Morgan fingerprint density at radius 2 is 1.56 bits per heavy atom. The van der Waals surface area contributed by atoms with Gasteiger partial charge in [-0.25, -0.2) is 0 Å². The van der Waals surface area contributed by atoms with Crippen LogP contribution in [0.3, 0.4) is 0 Å². The number of para-hydroxylation sites is 1. The predicted octanol–water partition coefficient (Wildman–Crippen LogP) is 6.20. The SMILES string of the molecule is CC.CC.C[CH-]C(C)N(C(C)=O)C(C)[CH-]C.[Y+3].[c-]1nc(-c2ccc3ccccc3n2)no1. The number of hydrogen-bond acceptors (Lipinski definition) is 5. The van der Waals surface area contributed by atoms with Crippen LogP contribution in [-0.4, -0.2) is 38.0 Å². The third kappa shape index (κ3) is 10.3. The molecule has 0 aliphatic rings. The van der Waals surface area contributed by atoms with E-state index in [2.05, 4.69) is 26.0 Å². The number of carbonyl (C=O) groups excluding carboxylic acids is 1. The summed E-state index contributed by atoms with van der Waals surface area (Å²) in [4.78, 5) is 21.3.